The minimum absolute atomic E-state index is 0.759. The number of thiophene rings is 1. The van der Waals surface area contributed by atoms with Crippen LogP contribution in [-0.4, -0.2) is 31.6 Å². The van der Waals surface area contributed by atoms with Crippen LogP contribution in [0, 0.1) is 0 Å². The maximum atomic E-state index is 6.04. The van der Waals surface area contributed by atoms with Gasteiger partial charge < -0.3 is 10.2 Å². The van der Waals surface area contributed by atoms with Gasteiger partial charge >= 0.3 is 0 Å². The topological polar surface area (TPSA) is 15.3 Å². The summed E-state index contributed by atoms with van der Waals surface area (Å²) in [5.74, 6) is 0. The molecule has 0 aliphatic rings. The monoisotopic (exact) mass is 266 g/mol. The van der Waals surface area contributed by atoms with E-state index in [1.54, 1.807) is 0 Å². The molecule has 0 fully saturated rings. The standard InChI is InChI=1S/C10H16Cl2N2S/c1-3-13-4-5-14(2)7-8-6-9(11)15-10(8)12/h6,13H,3-5,7H2,1-2H3. The van der Waals surface area contributed by atoms with Gasteiger partial charge in [-0.2, -0.15) is 0 Å². The molecule has 0 spiro atoms. The smallest absolute Gasteiger partial charge is 0.0989 e. The lowest BCUT2D eigenvalue weighted by Crippen LogP contribution is -2.28. The van der Waals surface area contributed by atoms with Crippen LogP contribution in [0.15, 0.2) is 6.07 Å². The highest BCUT2D eigenvalue weighted by molar-refractivity contribution is 7.20. The van der Waals surface area contributed by atoms with E-state index < -0.39 is 0 Å². The molecule has 86 valence electrons. The van der Waals surface area contributed by atoms with Crippen molar-refractivity contribution in [1.29, 1.82) is 0 Å². The first-order chi connectivity index (χ1) is 7.13. The van der Waals surface area contributed by atoms with Crippen molar-refractivity contribution >= 4 is 34.5 Å². The van der Waals surface area contributed by atoms with Crippen molar-refractivity contribution in [3.63, 3.8) is 0 Å². The molecule has 15 heavy (non-hydrogen) atoms. The molecule has 0 radical (unpaired) electrons. The Hall–Kier alpha value is 0.200. The van der Waals surface area contributed by atoms with Crippen molar-refractivity contribution < 1.29 is 0 Å². The fourth-order valence-corrected chi connectivity index (χ4v) is 2.77. The minimum Gasteiger partial charge on any atom is -0.316 e. The SMILES string of the molecule is CCNCCN(C)Cc1cc(Cl)sc1Cl. The third-order valence-corrected chi connectivity index (χ3v) is 3.66. The van der Waals surface area contributed by atoms with Gasteiger partial charge in [0.25, 0.3) is 0 Å². The van der Waals surface area contributed by atoms with Gasteiger partial charge in [0.15, 0.2) is 0 Å². The summed E-state index contributed by atoms with van der Waals surface area (Å²) in [4.78, 5) is 2.23. The van der Waals surface area contributed by atoms with Crippen molar-refractivity contribution in [3.05, 3.63) is 20.3 Å². The lowest BCUT2D eigenvalue weighted by Gasteiger charge is -2.16. The van der Waals surface area contributed by atoms with E-state index in [9.17, 15) is 0 Å². The molecule has 0 aromatic carbocycles. The van der Waals surface area contributed by atoms with Crippen molar-refractivity contribution in [2.75, 3.05) is 26.7 Å². The van der Waals surface area contributed by atoms with E-state index in [1.807, 2.05) is 6.07 Å². The summed E-state index contributed by atoms with van der Waals surface area (Å²) < 4.78 is 1.56. The van der Waals surface area contributed by atoms with Gasteiger partial charge in [0.2, 0.25) is 0 Å². The molecule has 1 rings (SSSR count). The van der Waals surface area contributed by atoms with Crippen LogP contribution in [-0.2, 0) is 6.54 Å². The Morgan fingerprint density at radius 1 is 1.47 bits per heavy atom. The van der Waals surface area contributed by atoms with E-state index in [4.69, 9.17) is 23.2 Å². The maximum Gasteiger partial charge on any atom is 0.0989 e. The first-order valence-corrected chi connectivity index (χ1v) is 6.53. The number of rotatable bonds is 6. The first-order valence-electron chi connectivity index (χ1n) is 4.96. The first kappa shape index (κ1) is 13.3. The van der Waals surface area contributed by atoms with E-state index >= 15 is 0 Å². The molecule has 0 aliphatic carbocycles. The number of nitrogens with one attached hydrogen (secondary N) is 1. The largest absolute Gasteiger partial charge is 0.316 e. The number of halogens is 2. The second-order valence-corrected chi connectivity index (χ2v) is 5.73. The maximum absolute atomic E-state index is 6.04. The second kappa shape index (κ2) is 6.71. The summed E-state index contributed by atoms with van der Waals surface area (Å²) in [5.41, 5.74) is 1.12. The van der Waals surface area contributed by atoms with E-state index in [0.29, 0.717) is 0 Å². The highest BCUT2D eigenvalue weighted by Gasteiger charge is 2.08. The summed E-state index contributed by atoms with van der Waals surface area (Å²) in [6, 6.07) is 1.94. The molecular formula is C10H16Cl2N2S. The van der Waals surface area contributed by atoms with Crippen LogP contribution >= 0.6 is 34.5 Å². The predicted molar refractivity (Wildman–Crippen MR) is 69.2 cm³/mol. The summed E-state index contributed by atoms with van der Waals surface area (Å²) >= 11 is 13.3. The van der Waals surface area contributed by atoms with Gasteiger partial charge in [0.05, 0.1) is 8.67 Å². The molecular weight excluding hydrogens is 251 g/mol. The molecule has 0 atom stereocenters. The molecule has 1 aromatic heterocycles. The molecule has 2 nitrogen and oxygen atoms in total. The molecule has 5 heteroatoms. The van der Waals surface area contributed by atoms with Crippen LogP contribution in [0.1, 0.15) is 12.5 Å². The number of likely N-dealkylation sites (N-methyl/N-ethyl adjacent to an activating group) is 2. The zero-order chi connectivity index (χ0) is 11.3. The Balaban J connectivity index is 2.37. The summed E-state index contributed by atoms with van der Waals surface area (Å²) in [6.07, 6.45) is 0. The third-order valence-electron chi connectivity index (χ3n) is 2.09. The minimum atomic E-state index is 0.759. The van der Waals surface area contributed by atoms with Gasteiger partial charge in [0.1, 0.15) is 0 Å². The Morgan fingerprint density at radius 2 is 2.20 bits per heavy atom. The average molecular weight is 267 g/mol. The summed E-state index contributed by atoms with van der Waals surface area (Å²) in [5, 5.41) is 3.29. The Morgan fingerprint density at radius 3 is 2.73 bits per heavy atom. The molecule has 1 aromatic rings. The average Bonchev–Trinajstić information content (AvgIpc) is 2.45. The molecule has 0 amide bonds. The number of nitrogens with zero attached hydrogens (tertiary/aromatic N) is 1. The molecule has 0 saturated heterocycles. The van der Waals surface area contributed by atoms with Crippen molar-refractivity contribution in [1.82, 2.24) is 10.2 Å². The lowest BCUT2D eigenvalue weighted by atomic mass is 10.3. The van der Waals surface area contributed by atoms with Crippen molar-refractivity contribution in [2.24, 2.45) is 0 Å². The van der Waals surface area contributed by atoms with E-state index in [0.717, 1.165) is 40.4 Å². The number of hydrogen-bond acceptors (Lipinski definition) is 3. The molecule has 1 heterocycles. The Bertz CT molecular complexity index is 302. The molecule has 0 unspecified atom stereocenters. The van der Waals surface area contributed by atoms with Gasteiger partial charge in [-0.05, 0) is 25.2 Å². The van der Waals surface area contributed by atoms with Gasteiger partial charge in [-0.1, -0.05) is 30.1 Å². The highest BCUT2D eigenvalue weighted by Crippen LogP contribution is 2.31. The fourth-order valence-electron chi connectivity index (χ4n) is 1.30. The van der Waals surface area contributed by atoms with Crippen LogP contribution in [0.5, 0.6) is 0 Å². The summed E-state index contributed by atoms with van der Waals surface area (Å²) in [6.45, 7) is 5.99. The quantitative estimate of drug-likeness (QED) is 0.797. The van der Waals surface area contributed by atoms with Crippen LogP contribution in [0.25, 0.3) is 0 Å². The second-order valence-electron chi connectivity index (χ2n) is 3.44. The van der Waals surface area contributed by atoms with Crippen LogP contribution in [0.3, 0.4) is 0 Å². The van der Waals surface area contributed by atoms with Gasteiger partial charge in [-0.25, -0.2) is 0 Å². The third kappa shape index (κ3) is 4.70. The van der Waals surface area contributed by atoms with E-state index in [2.05, 4.69) is 24.2 Å². The fraction of sp³-hybridized carbons (Fsp3) is 0.600. The Labute approximate surface area is 105 Å². The van der Waals surface area contributed by atoms with Gasteiger partial charge in [-0.15, -0.1) is 11.3 Å². The van der Waals surface area contributed by atoms with Crippen molar-refractivity contribution in [2.45, 2.75) is 13.5 Å². The molecule has 0 bridgehead atoms. The van der Waals surface area contributed by atoms with Crippen molar-refractivity contribution in [3.8, 4) is 0 Å². The van der Waals surface area contributed by atoms with Crippen LogP contribution in [0.2, 0.25) is 8.67 Å². The zero-order valence-corrected chi connectivity index (χ0v) is 11.3. The summed E-state index contributed by atoms with van der Waals surface area (Å²) in [7, 11) is 2.08. The predicted octanol–water partition coefficient (Wildman–Crippen LogP) is 3.10. The van der Waals surface area contributed by atoms with Gasteiger partial charge in [0, 0.05) is 19.6 Å². The zero-order valence-electron chi connectivity index (χ0n) is 9.02. The normalized spacial score (nSPS) is 11.3. The molecule has 1 N–H and O–H groups in total. The Kier molecular flexibility index (Phi) is 5.94. The molecule has 0 aliphatic heterocycles. The highest BCUT2D eigenvalue weighted by atomic mass is 35.5. The van der Waals surface area contributed by atoms with Crippen LogP contribution < -0.4 is 5.32 Å². The lowest BCUT2D eigenvalue weighted by molar-refractivity contribution is 0.326. The van der Waals surface area contributed by atoms with E-state index in [-0.39, 0.29) is 0 Å². The molecule has 0 saturated carbocycles. The van der Waals surface area contributed by atoms with E-state index in [1.165, 1.54) is 11.3 Å². The van der Waals surface area contributed by atoms with Crippen LogP contribution in [0.4, 0.5) is 0 Å². The van der Waals surface area contributed by atoms with Gasteiger partial charge in [-0.3, -0.25) is 0 Å². The number of hydrogen-bond donors (Lipinski definition) is 1.